The molecule has 1 atom stereocenters. The summed E-state index contributed by atoms with van der Waals surface area (Å²) < 4.78 is 5.19. The highest BCUT2D eigenvalue weighted by Gasteiger charge is 2.15. The Labute approximate surface area is 177 Å². The molecule has 26 heavy (non-hydrogen) atoms. The second-order valence-electron chi connectivity index (χ2n) is 5.97. The Kier molecular flexibility index (Phi) is 10.6. The van der Waals surface area contributed by atoms with Gasteiger partial charge in [0.15, 0.2) is 5.96 Å². The van der Waals surface area contributed by atoms with Gasteiger partial charge in [-0.25, -0.2) is 0 Å². The van der Waals surface area contributed by atoms with Crippen molar-refractivity contribution in [1.29, 1.82) is 0 Å². The van der Waals surface area contributed by atoms with Crippen molar-refractivity contribution in [2.45, 2.75) is 12.5 Å². The monoisotopic (exact) mass is 488 g/mol. The molecule has 0 spiro atoms. The maximum atomic E-state index is 5.19. The fraction of sp³-hybridized carbons (Fsp3) is 0.421. The number of hydrogen-bond donors (Lipinski definition) is 2. The number of rotatable bonds is 8. The molecule has 0 aliphatic rings. The molecular formula is C19H29IN4OS. The average Bonchev–Trinajstić information content (AvgIpc) is 3.15. The Hall–Kier alpha value is -1.32. The number of aliphatic imine (C=N–C) groups is 1. The minimum atomic E-state index is 0. The van der Waals surface area contributed by atoms with Gasteiger partial charge in [-0.3, -0.25) is 4.99 Å². The minimum Gasteiger partial charge on any atom is -0.497 e. The summed E-state index contributed by atoms with van der Waals surface area (Å²) in [5, 5.41) is 8.92. The number of nitrogens with one attached hydrogen (secondary N) is 2. The zero-order valence-corrected chi connectivity index (χ0v) is 19.0. The van der Waals surface area contributed by atoms with Crippen molar-refractivity contribution >= 4 is 41.3 Å². The van der Waals surface area contributed by atoms with Gasteiger partial charge in [0.25, 0.3) is 0 Å². The highest BCUT2D eigenvalue weighted by Crippen LogP contribution is 2.22. The normalized spacial score (nSPS) is 12.4. The van der Waals surface area contributed by atoms with Crippen LogP contribution in [0.5, 0.6) is 5.75 Å². The molecule has 0 radical (unpaired) electrons. The molecule has 7 heteroatoms. The molecule has 1 heterocycles. The Morgan fingerprint density at radius 1 is 1.19 bits per heavy atom. The van der Waals surface area contributed by atoms with Crippen LogP contribution in [0, 0.1) is 0 Å². The molecular weight excluding hydrogens is 459 g/mol. The number of ether oxygens (including phenoxy) is 1. The van der Waals surface area contributed by atoms with Crippen molar-refractivity contribution in [3.63, 3.8) is 0 Å². The molecule has 5 nitrogen and oxygen atoms in total. The van der Waals surface area contributed by atoms with E-state index >= 15 is 0 Å². The van der Waals surface area contributed by atoms with Crippen LogP contribution in [0.1, 0.15) is 16.5 Å². The van der Waals surface area contributed by atoms with E-state index in [0.29, 0.717) is 6.04 Å². The van der Waals surface area contributed by atoms with Crippen LogP contribution in [-0.2, 0) is 6.42 Å². The number of guanidine groups is 1. The van der Waals surface area contributed by atoms with Crippen LogP contribution in [0.25, 0.3) is 0 Å². The Bertz CT molecular complexity index is 644. The summed E-state index contributed by atoms with van der Waals surface area (Å²) in [5.74, 6) is 1.72. The van der Waals surface area contributed by atoms with E-state index in [1.807, 2.05) is 12.1 Å². The molecule has 1 aromatic heterocycles. The summed E-state index contributed by atoms with van der Waals surface area (Å²) in [6.45, 7) is 1.65. The van der Waals surface area contributed by atoms with Crippen molar-refractivity contribution < 1.29 is 4.74 Å². The standard InChI is InChI=1S/C19H28N4OS.HI/c1-20-19(21-12-11-15-7-9-16(24-4)10-8-15)22-14-17(23(2)3)18-6-5-13-25-18;/h5-10,13,17H,11-12,14H2,1-4H3,(H2,20,21,22);1H. The van der Waals surface area contributed by atoms with Crippen LogP contribution in [0.15, 0.2) is 46.8 Å². The Morgan fingerprint density at radius 2 is 1.92 bits per heavy atom. The molecule has 1 unspecified atom stereocenters. The second kappa shape index (κ2) is 12.1. The molecule has 0 saturated carbocycles. The van der Waals surface area contributed by atoms with E-state index in [-0.39, 0.29) is 24.0 Å². The molecule has 1 aromatic carbocycles. The van der Waals surface area contributed by atoms with E-state index in [4.69, 9.17) is 4.74 Å². The number of halogens is 1. The first kappa shape index (κ1) is 22.7. The van der Waals surface area contributed by atoms with Gasteiger partial charge in [-0.15, -0.1) is 35.3 Å². The van der Waals surface area contributed by atoms with E-state index in [2.05, 4.69) is 64.3 Å². The highest BCUT2D eigenvalue weighted by atomic mass is 127. The maximum Gasteiger partial charge on any atom is 0.191 e. The van der Waals surface area contributed by atoms with E-state index in [0.717, 1.165) is 31.2 Å². The summed E-state index contributed by atoms with van der Waals surface area (Å²) in [6.07, 6.45) is 0.937. The minimum absolute atomic E-state index is 0. The zero-order valence-electron chi connectivity index (χ0n) is 15.9. The third-order valence-electron chi connectivity index (χ3n) is 4.05. The number of benzene rings is 1. The van der Waals surface area contributed by atoms with Gasteiger partial charge in [-0.1, -0.05) is 18.2 Å². The molecule has 2 rings (SSSR count). The maximum absolute atomic E-state index is 5.19. The quantitative estimate of drug-likeness (QED) is 0.340. The lowest BCUT2D eigenvalue weighted by atomic mass is 10.1. The van der Waals surface area contributed by atoms with Crippen LogP contribution < -0.4 is 15.4 Å². The van der Waals surface area contributed by atoms with E-state index < -0.39 is 0 Å². The van der Waals surface area contributed by atoms with Crippen LogP contribution in [0.2, 0.25) is 0 Å². The number of likely N-dealkylation sites (N-methyl/N-ethyl adjacent to an activating group) is 1. The Morgan fingerprint density at radius 3 is 2.46 bits per heavy atom. The molecule has 2 aromatic rings. The Balaban J connectivity index is 0.00000338. The molecule has 2 N–H and O–H groups in total. The van der Waals surface area contributed by atoms with Crippen LogP contribution in [-0.4, -0.2) is 52.2 Å². The summed E-state index contributed by atoms with van der Waals surface area (Å²) >= 11 is 1.78. The predicted octanol–water partition coefficient (Wildman–Crippen LogP) is 3.39. The molecule has 0 saturated heterocycles. The second-order valence-corrected chi connectivity index (χ2v) is 6.95. The lowest BCUT2D eigenvalue weighted by molar-refractivity contribution is 0.302. The first-order chi connectivity index (χ1) is 12.1. The number of hydrogen-bond acceptors (Lipinski definition) is 4. The zero-order chi connectivity index (χ0) is 18.1. The first-order valence-electron chi connectivity index (χ1n) is 8.41. The van der Waals surface area contributed by atoms with Crippen LogP contribution >= 0.6 is 35.3 Å². The highest BCUT2D eigenvalue weighted by molar-refractivity contribution is 14.0. The van der Waals surface area contributed by atoms with E-state index in [1.54, 1.807) is 25.5 Å². The fourth-order valence-corrected chi connectivity index (χ4v) is 3.47. The van der Waals surface area contributed by atoms with Gasteiger partial charge in [-0.05, 0) is 49.7 Å². The molecule has 0 amide bonds. The first-order valence-corrected chi connectivity index (χ1v) is 9.29. The van der Waals surface area contributed by atoms with Crippen LogP contribution in [0.4, 0.5) is 0 Å². The SMILES string of the molecule is CN=C(NCCc1ccc(OC)cc1)NCC(c1cccs1)N(C)C.I. The van der Waals surface area contributed by atoms with Crippen molar-refractivity contribution in [3.05, 3.63) is 52.2 Å². The van der Waals surface area contributed by atoms with Crippen molar-refractivity contribution in [2.75, 3.05) is 41.3 Å². The molecule has 0 aliphatic carbocycles. The summed E-state index contributed by atoms with van der Waals surface area (Å²) in [5.41, 5.74) is 1.27. The smallest absolute Gasteiger partial charge is 0.191 e. The number of methoxy groups -OCH3 is 1. The number of nitrogens with zero attached hydrogens (tertiary/aromatic N) is 2. The van der Waals surface area contributed by atoms with Gasteiger partial charge in [0.05, 0.1) is 13.2 Å². The third kappa shape index (κ3) is 7.13. The predicted molar refractivity (Wildman–Crippen MR) is 122 cm³/mol. The third-order valence-corrected chi connectivity index (χ3v) is 5.02. The lowest BCUT2D eigenvalue weighted by Gasteiger charge is -2.24. The van der Waals surface area contributed by atoms with Gasteiger partial charge in [0.2, 0.25) is 0 Å². The summed E-state index contributed by atoms with van der Waals surface area (Å²) in [6, 6.07) is 12.8. The van der Waals surface area contributed by atoms with Gasteiger partial charge in [-0.2, -0.15) is 0 Å². The summed E-state index contributed by atoms with van der Waals surface area (Å²) in [4.78, 5) is 7.90. The lowest BCUT2D eigenvalue weighted by Crippen LogP contribution is -2.42. The van der Waals surface area contributed by atoms with Gasteiger partial charge in [0, 0.05) is 25.0 Å². The topological polar surface area (TPSA) is 48.9 Å². The molecule has 0 fully saturated rings. The van der Waals surface area contributed by atoms with Gasteiger partial charge in [0.1, 0.15) is 5.75 Å². The molecule has 144 valence electrons. The van der Waals surface area contributed by atoms with E-state index in [1.165, 1.54) is 10.4 Å². The fourth-order valence-electron chi connectivity index (χ4n) is 2.55. The molecule has 0 aliphatic heterocycles. The molecule has 0 bridgehead atoms. The van der Waals surface area contributed by atoms with Gasteiger partial charge >= 0.3 is 0 Å². The average molecular weight is 488 g/mol. The van der Waals surface area contributed by atoms with Crippen molar-refractivity contribution in [3.8, 4) is 5.75 Å². The largest absolute Gasteiger partial charge is 0.497 e. The number of thiophene rings is 1. The van der Waals surface area contributed by atoms with Crippen molar-refractivity contribution in [2.24, 2.45) is 4.99 Å². The van der Waals surface area contributed by atoms with Crippen molar-refractivity contribution in [1.82, 2.24) is 15.5 Å². The van der Waals surface area contributed by atoms with Gasteiger partial charge < -0.3 is 20.3 Å². The van der Waals surface area contributed by atoms with E-state index in [9.17, 15) is 0 Å². The van der Waals surface area contributed by atoms with Crippen LogP contribution in [0.3, 0.4) is 0 Å². The summed E-state index contributed by atoms with van der Waals surface area (Å²) in [7, 11) is 7.69.